The highest BCUT2D eigenvalue weighted by atomic mass is 16.5. The number of pyridine rings is 1. The molecule has 1 aromatic carbocycles. The highest BCUT2D eigenvalue weighted by Gasteiger charge is 2.04. The van der Waals surface area contributed by atoms with Gasteiger partial charge in [0, 0.05) is 17.3 Å². The standard InChI is InChI=1S/C15H11N3O3/c19-15(18-21)14-9-12(7-8-16-14)4-1-11-2-5-13(6-3-11)10-17-20/h2-3,5-10,20-21H,(H,18,19)/b17-10+. The number of oxime groups is 1. The third-order valence-electron chi connectivity index (χ3n) is 2.56. The minimum absolute atomic E-state index is 0.0822. The molecule has 0 saturated carbocycles. The van der Waals surface area contributed by atoms with E-state index in [4.69, 9.17) is 10.4 Å². The van der Waals surface area contributed by atoms with E-state index in [1.807, 2.05) is 0 Å². The van der Waals surface area contributed by atoms with Gasteiger partial charge in [0.25, 0.3) is 5.91 Å². The fourth-order valence-corrected chi connectivity index (χ4v) is 1.55. The van der Waals surface area contributed by atoms with Crippen molar-refractivity contribution >= 4 is 12.1 Å². The van der Waals surface area contributed by atoms with Gasteiger partial charge in [-0.3, -0.25) is 15.0 Å². The molecule has 6 nitrogen and oxygen atoms in total. The number of hydrogen-bond acceptors (Lipinski definition) is 5. The predicted molar refractivity (Wildman–Crippen MR) is 75.3 cm³/mol. The number of carbonyl (C=O) groups is 1. The SMILES string of the molecule is O=C(NO)c1cc(C#Cc2ccc(/C=N/O)cc2)ccn1. The molecule has 0 saturated heterocycles. The first kappa shape index (κ1) is 14.2. The summed E-state index contributed by atoms with van der Waals surface area (Å²) in [6.45, 7) is 0. The van der Waals surface area contributed by atoms with Crippen molar-refractivity contribution in [2.75, 3.05) is 0 Å². The van der Waals surface area contributed by atoms with Crippen LogP contribution in [-0.4, -0.2) is 27.5 Å². The minimum Gasteiger partial charge on any atom is -0.411 e. The maximum absolute atomic E-state index is 11.2. The van der Waals surface area contributed by atoms with E-state index in [-0.39, 0.29) is 5.69 Å². The van der Waals surface area contributed by atoms with Crippen LogP contribution in [0.5, 0.6) is 0 Å². The van der Waals surface area contributed by atoms with E-state index in [1.165, 1.54) is 24.0 Å². The van der Waals surface area contributed by atoms with Gasteiger partial charge in [0.05, 0.1) is 6.21 Å². The van der Waals surface area contributed by atoms with E-state index in [0.717, 1.165) is 11.1 Å². The zero-order valence-electron chi connectivity index (χ0n) is 10.8. The zero-order chi connectivity index (χ0) is 15.1. The van der Waals surface area contributed by atoms with Crippen LogP contribution in [0.4, 0.5) is 0 Å². The average molecular weight is 281 g/mol. The van der Waals surface area contributed by atoms with Crippen LogP contribution in [0, 0.1) is 11.8 Å². The van der Waals surface area contributed by atoms with Crippen LogP contribution in [0.2, 0.25) is 0 Å². The summed E-state index contributed by atoms with van der Waals surface area (Å²) in [7, 11) is 0. The normalized spacial score (nSPS) is 9.95. The maximum atomic E-state index is 11.2. The van der Waals surface area contributed by atoms with Gasteiger partial charge in [-0.15, -0.1) is 0 Å². The number of benzene rings is 1. The van der Waals surface area contributed by atoms with Crippen molar-refractivity contribution in [3.05, 3.63) is 65.0 Å². The number of nitrogens with one attached hydrogen (secondary N) is 1. The molecule has 0 aliphatic heterocycles. The largest absolute Gasteiger partial charge is 0.411 e. The molecule has 1 amide bonds. The highest BCUT2D eigenvalue weighted by Crippen LogP contribution is 2.03. The second kappa shape index (κ2) is 6.84. The van der Waals surface area contributed by atoms with Crippen molar-refractivity contribution in [3.63, 3.8) is 0 Å². The Balaban J connectivity index is 2.20. The number of carbonyl (C=O) groups excluding carboxylic acids is 1. The Kier molecular flexibility index (Phi) is 4.64. The lowest BCUT2D eigenvalue weighted by atomic mass is 10.1. The molecule has 2 aromatic rings. The molecule has 0 radical (unpaired) electrons. The second-order valence-electron chi connectivity index (χ2n) is 3.99. The average Bonchev–Trinajstić information content (AvgIpc) is 2.54. The molecule has 0 spiro atoms. The van der Waals surface area contributed by atoms with Gasteiger partial charge in [-0.05, 0) is 29.8 Å². The summed E-state index contributed by atoms with van der Waals surface area (Å²) >= 11 is 0. The monoisotopic (exact) mass is 281 g/mol. The van der Waals surface area contributed by atoms with Gasteiger partial charge < -0.3 is 5.21 Å². The van der Waals surface area contributed by atoms with Crippen LogP contribution in [0.25, 0.3) is 0 Å². The Morgan fingerprint density at radius 1 is 1.19 bits per heavy atom. The van der Waals surface area contributed by atoms with Gasteiger partial charge in [-0.1, -0.05) is 29.1 Å². The molecule has 2 rings (SSSR count). The molecule has 6 heteroatoms. The first-order chi connectivity index (χ1) is 10.2. The number of hydroxylamine groups is 1. The lowest BCUT2D eigenvalue weighted by Crippen LogP contribution is -2.19. The minimum atomic E-state index is -0.689. The Hall–Kier alpha value is -3.17. The lowest BCUT2D eigenvalue weighted by molar-refractivity contribution is 0.0700. The molecule has 104 valence electrons. The first-order valence-corrected chi connectivity index (χ1v) is 5.93. The Bertz CT molecular complexity index is 728. The molecule has 1 heterocycles. The first-order valence-electron chi connectivity index (χ1n) is 5.93. The van der Waals surface area contributed by atoms with Gasteiger partial charge in [0.15, 0.2) is 0 Å². The van der Waals surface area contributed by atoms with Gasteiger partial charge in [-0.2, -0.15) is 0 Å². The molecule has 0 atom stereocenters. The summed E-state index contributed by atoms with van der Waals surface area (Å²) < 4.78 is 0. The number of aromatic nitrogens is 1. The summed E-state index contributed by atoms with van der Waals surface area (Å²) in [5, 5.41) is 19.9. The van der Waals surface area contributed by atoms with Crippen LogP contribution >= 0.6 is 0 Å². The number of rotatable bonds is 2. The van der Waals surface area contributed by atoms with E-state index in [2.05, 4.69) is 22.0 Å². The van der Waals surface area contributed by atoms with Gasteiger partial charge in [-0.25, -0.2) is 5.48 Å². The molecule has 0 fully saturated rings. The topological polar surface area (TPSA) is 94.8 Å². The van der Waals surface area contributed by atoms with E-state index in [1.54, 1.807) is 30.3 Å². The van der Waals surface area contributed by atoms with E-state index in [0.29, 0.717) is 5.56 Å². The van der Waals surface area contributed by atoms with Crippen LogP contribution in [0.1, 0.15) is 27.2 Å². The van der Waals surface area contributed by atoms with E-state index < -0.39 is 5.91 Å². The van der Waals surface area contributed by atoms with Crippen LogP contribution in [-0.2, 0) is 0 Å². The molecular formula is C15H11N3O3. The third kappa shape index (κ3) is 3.89. The lowest BCUT2D eigenvalue weighted by Gasteiger charge is -1.97. The van der Waals surface area contributed by atoms with Crippen LogP contribution in [0.3, 0.4) is 0 Å². The summed E-state index contributed by atoms with van der Waals surface area (Å²) in [6, 6.07) is 10.2. The summed E-state index contributed by atoms with van der Waals surface area (Å²) in [4.78, 5) is 15.1. The molecule has 0 aliphatic carbocycles. The summed E-state index contributed by atoms with van der Waals surface area (Å²) in [5.41, 5.74) is 3.73. The van der Waals surface area contributed by atoms with Crippen molar-refractivity contribution < 1.29 is 15.2 Å². The van der Waals surface area contributed by atoms with Gasteiger partial charge in [0.2, 0.25) is 0 Å². The molecule has 3 N–H and O–H groups in total. The number of amides is 1. The maximum Gasteiger partial charge on any atom is 0.293 e. The molecule has 0 aliphatic rings. The molecule has 0 bridgehead atoms. The van der Waals surface area contributed by atoms with Crippen molar-refractivity contribution in [3.8, 4) is 11.8 Å². The molecule has 1 aromatic heterocycles. The molecule has 21 heavy (non-hydrogen) atoms. The summed E-state index contributed by atoms with van der Waals surface area (Å²) in [6.07, 6.45) is 2.76. The molecular weight excluding hydrogens is 270 g/mol. The van der Waals surface area contributed by atoms with Crippen LogP contribution < -0.4 is 5.48 Å². The Morgan fingerprint density at radius 2 is 1.90 bits per heavy atom. The Labute approximate surface area is 120 Å². The smallest absolute Gasteiger partial charge is 0.293 e. The zero-order valence-corrected chi connectivity index (χ0v) is 10.8. The van der Waals surface area contributed by atoms with E-state index >= 15 is 0 Å². The third-order valence-corrected chi connectivity index (χ3v) is 2.56. The Morgan fingerprint density at radius 3 is 2.57 bits per heavy atom. The van der Waals surface area contributed by atoms with Crippen molar-refractivity contribution in [2.45, 2.75) is 0 Å². The predicted octanol–water partition coefficient (Wildman–Crippen LogP) is 1.41. The number of nitrogens with zero attached hydrogens (tertiary/aromatic N) is 2. The van der Waals surface area contributed by atoms with Crippen molar-refractivity contribution in [1.29, 1.82) is 0 Å². The van der Waals surface area contributed by atoms with Gasteiger partial charge >= 0.3 is 0 Å². The fourth-order valence-electron chi connectivity index (χ4n) is 1.55. The van der Waals surface area contributed by atoms with Crippen LogP contribution in [0.15, 0.2) is 47.8 Å². The van der Waals surface area contributed by atoms with Crippen molar-refractivity contribution in [2.24, 2.45) is 5.16 Å². The number of hydrogen-bond donors (Lipinski definition) is 3. The van der Waals surface area contributed by atoms with E-state index in [9.17, 15) is 4.79 Å². The molecule has 0 unspecified atom stereocenters. The second-order valence-corrected chi connectivity index (χ2v) is 3.99. The summed E-state index contributed by atoms with van der Waals surface area (Å²) in [5.74, 6) is 5.14. The van der Waals surface area contributed by atoms with Gasteiger partial charge in [0.1, 0.15) is 5.69 Å². The van der Waals surface area contributed by atoms with Crippen molar-refractivity contribution in [1.82, 2.24) is 10.5 Å². The quantitative estimate of drug-likeness (QED) is 0.255. The fraction of sp³-hybridized carbons (Fsp3) is 0. The highest BCUT2D eigenvalue weighted by molar-refractivity contribution is 5.91.